The Hall–Kier alpha value is -7.39. The lowest BCUT2D eigenvalue weighted by atomic mass is 9.91. The van der Waals surface area contributed by atoms with E-state index in [2.05, 4.69) is 118 Å². The third-order valence-electron chi connectivity index (χ3n) is 9.62. The van der Waals surface area contributed by atoms with Crippen LogP contribution in [0.5, 0.6) is 0 Å². The molecule has 0 saturated carbocycles. The molecule has 230 valence electrons. The maximum absolute atomic E-state index is 10.1. The molecule has 50 heavy (non-hydrogen) atoms. The predicted octanol–water partition coefficient (Wildman–Crippen LogP) is 10.8. The van der Waals surface area contributed by atoms with Crippen LogP contribution in [0.1, 0.15) is 16.7 Å². The summed E-state index contributed by atoms with van der Waals surface area (Å²) in [5, 5.41) is 34.0. The number of hydrogen-bond donors (Lipinski definition) is 0. The highest BCUT2D eigenvalue weighted by atomic mass is 15.0. The van der Waals surface area contributed by atoms with Crippen LogP contribution in [0.4, 0.5) is 0 Å². The first-order valence-electron chi connectivity index (χ1n) is 16.3. The predicted molar refractivity (Wildman–Crippen MR) is 200 cm³/mol. The van der Waals surface area contributed by atoms with E-state index < -0.39 is 0 Å². The Labute approximate surface area is 287 Å². The lowest BCUT2D eigenvalue weighted by Gasteiger charge is -2.16. The SMILES string of the molecule is N#Cc1cccc(-n2c3ccccc3c3cccc(-c4ccccc4-c4cccc5c4c4cc(C#N)ccc4n5-c4ccccc4C#N)c32)c1. The van der Waals surface area contributed by atoms with Crippen molar-refractivity contribution in [2.24, 2.45) is 0 Å². The van der Waals surface area contributed by atoms with Crippen molar-refractivity contribution in [1.82, 2.24) is 9.13 Å². The number of para-hydroxylation sites is 3. The summed E-state index contributed by atoms with van der Waals surface area (Å²) in [5.41, 5.74) is 11.6. The first-order chi connectivity index (χ1) is 24.7. The molecule has 0 fully saturated rings. The van der Waals surface area contributed by atoms with Crippen molar-refractivity contribution in [3.8, 4) is 51.8 Å². The van der Waals surface area contributed by atoms with Crippen LogP contribution in [-0.4, -0.2) is 9.13 Å². The molecular weight excluding hydrogens is 611 g/mol. The van der Waals surface area contributed by atoms with Gasteiger partial charge in [-0.2, -0.15) is 15.8 Å². The van der Waals surface area contributed by atoms with Crippen LogP contribution in [0.25, 0.3) is 77.2 Å². The van der Waals surface area contributed by atoms with Gasteiger partial charge in [-0.3, -0.25) is 0 Å². The summed E-state index contributed by atoms with van der Waals surface area (Å²) in [6, 6.07) is 57.8. The van der Waals surface area contributed by atoms with Crippen molar-refractivity contribution in [2.45, 2.75) is 0 Å². The Balaban J connectivity index is 1.39. The molecule has 0 N–H and O–H groups in total. The number of aromatic nitrogens is 2. The van der Waals surface area contributed by atoms with Gasteiger partial charge in [0.25, 0.3) is 0 Å². The molecule has 9 aromatic rings. The molecule has 0 bridgehead atoms. The van der Waals surface area contributed by atoms with Gasteiger partial charge in [-0.15, -0.1) is 0 Å². The normalized spacial score (nSPS) is 11.1. The minimum Gasteiger partial charge on any atom is -0.309 e. The number of rotatable bonds is 4. The molecule has 7 aromatic carbocycles. The maximum Gasteiger partial charge on any atom is 0.101 e. The quantitative estimate of drug-likeness (QED) is 0.193. The Morgan fingerprint density at radius 2 is 1.02 bits per heavy atom. The van der Waals surface area contributed by atoms with Gasteiger partial charge in [0.2, 0.25) is 0 Å². The van der Waals surface area contributed by atoms with Gasteiger partial charge in [0.15, 0.2) is 0 Å². The molecule has 0 unspecified atom stereocenters. The summed E-state index contributed by atoms with van der Waals surface area (Å²) in [7, 11) is 0. The third-order valence-corrected chi connectivity index (χ3v) is 9.62. The first-order valence-corrected chi connectivity index (χ1v) is 16.3. The molecule has 2 aromatic heterocycles. The zero-order chi connectivity index (χ0) is 33.8. The standard InChI is InChI=1S/C45H25N5/c46-26-29-10-7-12-32(24-29)49-41-20-6-4-15-35(41)38-18-8-17-37(45(38)49)34-14-3-2-13-33(34)36-16-9-21-43-44(36)39-25-30(27-47)22-23-42(39)50(43)40-19-5-1-11-31(40)28-48/h1-25H. The van der Waals surface area contributed by atoms with Gasteiger partial charge in [0.05, 0.1) is 56.6 Å². The average molecular weight is 636 g/mol. The van der Waals surface area contributed by atoms with Gasteiger partial charge in [0, 0.05) is 32.8 Å². The molecular formula is C45H25N5. The lowest BCUT2D eigenvalue weighted by molar-refractivity contribution is 1.17. The highest BCUT2D eigenvalue weighted by molar-refractivity contribution is 6.19. The molecule has 0 amide bonds. The van der Waals surface area contributed by atoms with Gasteiger partial charge in [-0.05, 0) is 77.4 Å². The second-order valence-corrected chi connectivity index (χ2v) is 12.3. The number of benzene rings is 7. The van der Waals surface area contributed by atoms with E-state index in [9.17, 15) is 15.8 Å². The maximum atomic E-state index is 10.1. The fraction of sp³-hybridized carbons (Fsp3) is 0. The molecule has 5 heteroatoms. The molecule has 0 spiro atoms. The number of hydrogen-bond acceptors (Lipinski definition) is 3. The van der Waals surface area contributed by atoms with Crippen molar-refractivity contribution in [3.05, 3.63) is 168 Å². The van der Waals surface area contributed by atoms with Crippen LogP contribution < -0.4 is 0 Å². The number of fused-ring (bicyclic) bond motifs is 6. The summed E-state index contributed by atoms with van der Waals surface area (Å²) < 4.78 is 4.40. The van der Waals surface area contributed by atoms with Crippen molar-refractivity contribution < 1.29 is 0 Å². The Kier molecular flexibility index (Phi) is 6.56. The second-order valence-electron chi connectivity index (χ2n) is 12.3. The fourth-order valence-corrected chi connectivity index (χ4v) is 7.56. The zero-order valence-corrected chi connectivity index (χ0v) is 26.7. The molecule has 2 heterocycles. The van der Waals surface area contributed by atoms with Crippen LogP contribution >= 0.6 is 0 Å². The second kappa shape index (κ2) is 11.4. The molecule has 0 aliphatic rings. The molecule has 0 aliphatic carbocycles. The first kappa shape index (κ1) is 28.8. The number of nitrogens with zero attached hydrogens (tertiary/aromatic N) is 5. The molecule has 0 radical (unpaired) electrons. The van der Waals surface area contributed by atoms with Gasteiger partial charge in [-0.25, -0.2) is 0 Å². The summed E-state index contributed by atoms with van der Waals surface area (Å²) in [6.07, 6.45) is 0. The van der Waals surface area contributed by atoms with Crippen LogP contribution in [0.2, 0.25) is 0 Å². The Morgan fingerprint density at radius 1 is 0.400 bits per heavy atom. The summed E-state index contributed by atoms with van der Waals surface area (Å²) in [6.45, 7) is 0. The van der Waals surface area contributed by atoms with Crippen LogP contribution in [-0.2, 0) is 0 Å². The highest BCUT2D eigenvalue weighted by Crippen LogP contribution is 2.45. The highest BCUT2D eigenvalue weighted by Gasteiger charge is 2.22. The minimum atomic E-state index is 0.571. The molecule has 0 atom stereocenters. The zero-order valence-electron chi connectivity index (χ0n) is 26.7. The largest absolute Gasteiger partial charge is 0.309 e. The van der Waals surface area contributed by atoms with Gasteiger partial charge in [0.1, 0.15) is 6.07 Å². The summed E-state index contributed by atoms with van der Waals surface area (Å²) in [5.74, 6) is 0. The van der Waals surface area contributed by atoms with Gasteiger partial charge >= 0.3 is 0 Å². The van der Waals surface area contributed by atoms with E-state index in [4.69, 9.17) is 0 Å². The Morgan fingerprint density at radius 3 is 1.86 bits per heavy atom. The summed E-state index contributed by atoms with van der Waals surface area (Å²) >= 11 is 0. The average Bonchev–Trinajstić information content (AvgIpc) is 3.70. The van der Waals surface area contributed by atoms with Crippen molar-refractivity contribution in [2.75, 3.05) is 0 Å². The molecule has 9 rings (SSSR count). The smallest absolute Gasteiger partial charge is 0.101 e. The van der Waals surface area contributed by atoms with Crippen molar-refractivity contribution in [3.63, 3.8) is 0 Å². The van der Waals surface area contributed by atoms with E-state index in [1.165, 1.54) is 0 Å². The fourth-order valence-electron chi connectivity index (χ4n) is 7.56. The van der Waals surface area contributed by atoms with E-state index in [1.54, 1.807) is 0 Å². The monoisotopic (exact) mass is 635 g/mol. The number of nitriles is 3. The molecule has 5 nitrogen and oxygen atoms in total. The minimum absolute atomic E-state index is 0.571. The van der Waals surface area contributed by atoms with Crippen molar-refractivity contribution >= 4 is 43.6 Å². The van der Waals surface area contributed by atoms with Crippen LogP contribution in [0.3, 0.4) is 0 Å². The third kappa shape index (κ3) is 4.24. The Bertz CT molecular complexity index is 2970. The van der Waals surface area contributed by atoms with Gasteiger partial charge in [-0.1, -0.05) is 91.0 Å². The van der Waals surface area contributed by atoms with E-state index in [1.807, 2.05) is 60.7 Å². The topological polar surface area (TPSA) is 81.2 Å². The van der Waals surface area contributed by atoms with E-state index >= 15 is 0 Å². The van der Waals surface area contributed by atoms with Gasteiger partial charge < -0.3 is 9.13 Å². The molecule has 0 aliphatic heterocycles. The molecule has 0 saturated heterocycles. The van der Waals surface area contributed by atoms with Crippen LogP contribution in [0.15, 0.2) is 152 Å². The van der Waals surface area contributed by atoms with Crippen molar-refractivity contribution in [1.29, 1.82) is 15.8 Å². The van der Waals surface area contributed by atoms with E-state index in [0.29, 0.717) is 16.7 Å². The van der Waals surface area contributed by atoms with Crippen LogP contribution in [0, 0.1) is 34.0 Å². The summed E-state index contributed by atoms with van der Waals surface area (Å²) in [4.78, 5) is 0. The van der Waals surface area contributed by atoms with E-state index in [0.717, 1.165) is 77.2 Å². The lowest BCUT2D eigenvalue weighted by Crippen LogP contribution is -1.97. The van der Waals surface area contributed by atoms with E-state index in [-0.39, 0.29) is 0 Å².